The summed E-state index contributed by atoms with van der Waals surface area (Å²) in [6, 6.07) is 15.2. The fourth-order valence-corrected chi connectivity index (χ4v) is 2.40. The van der Waals surface area contributed by atoms with Crippen LogP contribution in [0.5, 0.6) is 0 Å². The molecule has 3 nitrogen and oxygen atoms in total. The number of hydrogen-bond acceptors (Lipinski definition) is 2. The van der Waals surface area contributed by atoms with E-state index in [0.29, 0.717) is 5.56 Å². The summed E-state index contributed by atoms with van der Waals surface area (Å²) in [5.74, 6) is -1.49. The quantitative estimate of drug-likeness (QED) is 0.830. The predicted octanol–water partition coefficient (Wildman–Crippen LogP) is 3.54. The van der Waals surface area contributed by atoms with Gasteiger partial charge in [-0.1, -0.05) is 48.5 Å². The van der Waals surface area contributed by atoms with Gasteiger partial charge in [-0.2, -0.15) is 0 Å². The second kappa shape index (κ2) is 6.59. The van der Waals surface area contributed by atoms with Crippen molar-refractivity contribution in [1.82, 2.24) is 0 Å². The lowest BCUT2D eigenvalue weighted by Crippen LogP contribution is -2.08. The fourth-order valence-electron chi connectivity index (χ4n) is 2.23. The molecule has 0 fully saturated rings. The van der Waals surface area contributed by atoms with Gasteiger partial charge in [-0.3, -0.25) is 9.59 Å². The number of benzene rings is 2. The summed E-state index contributed by atoms with van der Waals surface area (Å²) in [5.41, 5.74) is 3.41. The van der Waals surface area contributed by atoms with E-state index in [2.05, 4.69) is 12.6 Å². The molecule has 0 bridgehead atoms. The zero-order valence-corrected chi connectivity index (χ0v) is 12.5. The number of carboxylic acids is 1. The van der Waals surface area contributed by atoms with Crippen LogP contribution in [-0.4, -0.2) is 16.2 Å². The lowest BCUT2D eigenvalue weighted by Gasteiger charge is -2.13. The smallest absolute Gasteiger partial charge is 0.310 e. The zero-order valence-electron chi connectivity index (χ0n) is 11.6. The summed E-state index contributed by atoms with van der Waals surface area (Å²) >= 11 is 3.84. The Bertz CT molecular complexity index is 665. The van der Waals surface area contributed by atoms with Crippen LogP contribution in [0.1, 0.15) is 24.0 Å². The summed E-state index contributed by atoms with van der Waals surface area (Å²) in [6.07, 6.45) is 0.174. The van der Waals surface area contributed by atoms with Crippen LogP contribution in [-0.2, 0) is 16.0 Å². The second-order valence-electron chi connectivity index (χ2n) is 4.91. The SMILES string of the molecule is CC(C(=O)O)c1ccc(-c2ccccc2)c(CC(=O)S)c1. The normalized spacial score (nSPS) is 11.9. The molecule has 0 heterocycles. The molecule has 1 unspecified atom stereocenters. The number of thiol groups is 1. The van der Waals surface area contributed by atoms with E-state index < -0.39 is 11.9 Å². The van der Waals surface area contributed by atoms with Crippen LogP contribution in [0.4, 0.5) is 0 Å². The Hall–Kier alpha value is -2.07. The minimum absolute atomic E-state index is 0.174. The van der Waals surface area contributed by atoms with E-state index in [0.717, 1.165) is 16.7 Å². The summed E-state index contributed by atoms with van der Waals surface area (Å²) in [7, 11) is 0. The average molecular weight is 300 g/mol. The number of carbonyl (C=O) groups is 2. The first-order valence-electron chi connectivity index (χ1n) is 6.62. The molecule has 2 rings (SSSR count). The average Bonchev–Trinajstić information content (AvgIpc) is 2.46. The number of carboxylic acid groups (broad SMARTS) is 1. The van der Waals surface area contributed by atoms with Crippen LogP contribution in [0.15, 0.2) is 48.5 Å². The lowest BCUT2D eigenvalue weighted by atomic mass is 9.92. The first kappa shape index (κ1) is 15.3. The van der Waals surface area contributed by atoms with Gasteiger partial charge in [0.2, 0.25) is 0 Å². The van der Waals surface area contributed by atoms with E-state index in [1.165, 1.54) is 0 Å². The van der Waals surface area contributed by atoms with Crippen molar-refractivity contribution in [3.05, 3.63) is 59.7 Å². The molecule has 0 spiro atoms. The molecule has 0 aromatic heterocycles. The van der Waals surface area contributed by atoms with Crippen molar-refractivity contribution in [2.45, 2.75) is 19.3 Å². The third-order valence-corrected chi connectivity index (χ3v) is 3.58. The van der Waals surface area contributed by atoms with E-state index in [4.69, 9.17) is 5.11 Å². The number of hydrogen-bond donors (Lipinski definition) is 2. The van der Waals surface area contributed by atoms with Crippen LogP contribution in [0.2, 0.25) is 0 Å². The Morgan fingerprint density at radius 3 is 2.38 bits per heavy atom. The minimum atomic E-state index is -0.884. The highest BCUT2D eigenvalue weighted by Gasteiger charge is 2.16. The molecule has 1 N–H and O–H groups in total. The van der Waals surface area contributed by atoms with E-state index >= 15 is 0 Å². The van der Waals surface area contributed by atoms with Crippen molar-refractivity contribution in [2.24, 2.45) is 0 Å². The predicted molar refractivity (Wildman–Crippen MR) is 85.6 cm³/mol. The van der Waals surface area contributed by atoms with Gasteiger partial charge in [0.1, 0.15) is 0 Å². The molecule has 0 aliphatic carbocycles. The molecule has 0 aliphatic rings. The van der Waals surface area contributed by atoms with Crippen molar-refractivity contribution in [3.63, 3.8) is 0 Å². The molecular formula is C17H16O3S. The van der Waals surface area contributed by atoms with Gasteiger partial charge in [-0.25, -0.2) is 0 Å². The highest BCUT2D eigenvalue weighted by molar-refractivity contribution is 7.96. The van der Waals surface area contributed by atoms with Crippen molar-refractivity contribution in [2.75, 3.05) is 0 Å². The highest BCUT2D eigenvalue weighted by Crippen LogP contribution is 2.28. The molecule has 2 aromatic rings. The Balaban J connectivity index is 2.50. The molecule has 4 heteroatoms. The first-order valence-corrected chi connectivity index (χ1v) is 7.06. The second-order valence-corrected chi connectivity index (χ2v) is 5.41. The van der Waals surface area contributed by atoms with Gasteiger partial charge in [0.15, 0.2) is 5.12 Å². The van der Waals surface area contributed by atoms with Gasteiger partial charge in [-0.15, -0.1) is 12.6 Å². The molecule has 0 amide bonds. The minimum Gasteiger partial charge on any atom is -0.481 e. The summed E-state index contributed by atoms with van der Waals surface area (Å²) in [4.78, 5) is 22.5. The third-order valence-electron chi connectivity index (χ3n) is 3.43. The number of aliphatic carboxylic acids is 1. The van der Waals surface area contributed by atoms with Crippen molar-refractivity contribution >= 4 is 23.7 Å². The standard InChI is InChI=1S/C17H16O3S/c1-11(17(19)20)13-7-8-15(12-5-3-2-4-6-12)14(9-13)10-16(18)21/h2-9,11H,10H2,1H3,(H,18,21)(H,19,20). The van der Waals surface area contributed by atoms with Crippen molar-refractivity contribution < 1.29 is 14.7 Å². The van der Waals surface area contributed by atoms with E-state index in [1.54, 1.807) is 19.1 Å². The molecule has 0 aliphatic heterocycles. The molecule has 21 heavy (non-hydrogen) atoms. The maximum Gasteiger partial charge on any atom is 0.310 e. The molecule has 0 saturated heterocycles. The first-order chi connectivity index (χ1) is 9.99. The lowest BCUT2D eigenvalue weighted by molar-refractivity contribution is -0.138. The van der Waals surface area contributed by atoms with Gasteiger partial charge in [0, 0.05) is 6.42 Å². The van der Waals surface area contributed by atoms with Crippen LogP contribution in [0, 0.1) is 0 Å². The third kappa shape index (κ3) is 3.73. The summed E-state index contributed by atoms with van der Waals surface area (Å²) < 4.78 is 0. The zero-order chi connectivity index (χ0) is 15.4. The molecule has 108 valence electrons. The molecule has 0 saturated carbocycles. The largest absolute Gasteiger partial charge is 0.481 e. The Kier molecular flexibility index (Phi) is 4.81. The van der Waals surface area contributed by atoms with Gasteiger partial charge < -0.3 is 5.11 Å². The number of rotatable bonds is 5. The Morgan fingerprint density at radius 1 is 1.14 bits per heavy atom. The molecule has 2 aromatic carbocycles. The van der Waals surface area contributed by atoms with Gasteiger partial charge in [0.25, 0.3) is 0 Å². The van der Waals surface area contributed by atoms with Crippen molar-refractivity contribution in [1.29, 1.82) is 0 Å². The maximum absolute atomic E-state index is 11.4. The van der Waals surface area contributed by atoms with Gasteiger partial charge >= 0.3 is 5.97 Å². The summed E-state index contributed by atoms with van der Waals surface area (Å²) in [6.45, 7) is 1.63. The summed E-state index contributed by atoms with van der Waals surface area (Å²) in [5, 5.41) is 8.87. The van der Waals surface area contributed by atoms with Crippen LogP contribution in [0.25, 0.3) is 11.1 Å². The van der Waals surface area contributed by atoms with Crippen molar-refractivity contribution in [3.8, 4) is 11.1 Å². The van der Waals surface area contributed by atoms with Gasteiger partial charge in [0.05, 0.1) is 5.92 Å². The molecule has 0 radical (unpaired) electrons. The maximum atomic E-state index is 11.4. The Morgan fingerprint density at radius 2 is 1.81 bits per heavy atom. The van der Waals surface area contributed by atoms with Crippen LogP contribution < -0.4 is 0 Å². The van der Waals surface area contributed by atoms with Crippen LogP contribution >= 0.6 is 12.6 Å². The number of carbonyl (C=O) groups excluding carboxylic acids is 1. The van der Waals surface area contributed by atoms with Crippen LogP contribution in [0.3, 0.4) is 0 Å². The van der Waals surface area contributed by atoms with Gasteiger partial charge in [-0.05, 0) is 29.2 Å². The highest BCUT2D eigenvalue weighted by atomic mass is 32.1. The molecular weight excluding hydrogens is 284 g/mol. The van der Waals surface area contributed by atoms with E-state index in [-0.39, 0.29) is 11.5 Å². The van der Waals surface area contributed by atoms with E-state index in [1.807, 2.05) is 36.4 Å². The topological polar surface area (TPSA) is 54.4 Å². The van der Waals surface area contributed by atoms with E-state index in [9.17, 15) is 9.59 Å². The molecule has 1 atom stereocenters. The fraction of sp³-hybridized carbons (Fsp3) is 0.176. The Labute approximate surface area is 129 Å². The monoisotopic (exact) mass is 300 g/mol.